The molecule has 0 saturated carbocycles. The lowest BCUT2D eigenvalue weighted by Gasteiger charge is -2.17. The summed E-state index contributed by atoms with van der Waals surface area (Å²) in [5.41, 5.74) is 1.63. The predicted octanol–water partition coefficient (Wildman–Crippen LogP) is 3.69. The molecule has 3 aromatic rings. The number of carbonyl (C=O) groups is 2. The molecular weight excluding hydrogens is 362 g/mol. The molecule has 0 bridgehead atoms. The Bertz CT molecular complexity index is 951. The molecule has 1 saturated heterocycles. The number of nitrogens with one attached hydrogen (secondary N) is 1. The molecule has 1 atom stereocenters. The smallest absolute Gasteiger partial charge is 0.231 e. The van der Waals surface area contributed by atoms with Gasteiger partial charge in [-0.05, 0) is 43.3 Å². The number of hydrogen-bond acceptors (Lipinski definition) is 5. The molecule has 0 aliphatic carbocycles. The van der Waals surface area contributed by atoms with Gasteiger partial charge in [0, 0.05) is 18.7 Å². The van der Waals surface area contributed by atoms with Gasteiger partial charge < -0.3 is 15.0 Å². The zero-order chi connectivity index (χ0) is 18.8. The monoisotopic (exact) mass is 381 g/mol. The van der Waals surface area contributed by atoms with Crippen LogP contribution in [0.5, 0.6) is 5.75 Å². The van der Waals surface area contributed by atoms with Gasteiger partial charge in [0.2, 0.25) is 11.8 Å². The van der Waals surface area contributed by atoms with Crippen molar-refractivity contribution >= 4 is 44.2 Å². The van der Waals surface area contributed by atoms with Gasteiger partial charge in [0.25, 0.3) is 0 Å². The Morgan fingerprint density at radius 2 is 2.04 bits per heavy atom. The van der Waals surface area contributed by atoms with E-state index < -0.39 is 5.92 Å². The van der Waals surface area contributed by atoms with Crippen LogP contribution < -0.4 is 15.0 Å². The molecule has 6 nitrogen and oxygen atoms in total. The molecule has 1 N–H and O–H groups in total. The highest BCUT2D eigenvalue weighted by atomic mass is 32.1. The minimum atomic E-state index is -0.393. The van der Waals surface area contributed by atoms with E-state index in [1.807, 2.05) is 55.5 Å². The second kappa shape index (κ2) is 7.36. The summed E-state index contributed by atoms with van der Waals surface area (Å²) in [6, 6.07) is 15.1. The molecule has 0 spiro atoms. The van der Waals surface area contributed by atoms with Crippen LogP contribution >= 0.6 is 11.3 Å². The molecule has 1 fully saturated rings. The average Bonchev–Trinajstić information content (AvgIpc) is 3.25. The van der Waals surface area contributed by atoms with Crippen molar-refractivity contribution in [3.8, 4) is 5.75 Å². The summed E-state index contributed by atoms with van der Waals surface area (Å²) in [5.74, 6) is 0.147. The van der Waals surface area contributed by atoms with E-state index in [1.165, 1.54) is 11.3 Å². The quantitative estimate of drug-likeness (QED) is 0.732. The summed E-state index contributed by atoms with van der Waals surface area (Å²) < 4.78 is 6.45. The van der Waals surface area contributed by atoms with Crippen LogP contribution in [0.3, 0.4) is 0 Å². The first-order chi connectivity index (χ1) is 13.1. The number of thiazole rings is 1. The van der Waals surface area contributed by atoms with Gasteiger partial charge in [-0.2, -0.15) is 0 Å². The van der Waals surface area contributed by atoms with Crippen molar-refractivity contribution in [3.05, 3.63) is 48.5 Å². The first-order valence-corrected chi connectivity index (χ1v) is 9.65. The summed E-state index contributed by atoms with van der Waals surface area (Å²) in [6.07, 6.45) is 0.198. The minimum Gasteiger partial charge on any atom is -0.494 e. The van der Waals surface area contributed by atoms with Crippen LogP contribution in [0.25, 0.3) is 10.2 Å². The van der Waals surface area contributed by atoms with Gasteiger partial charge >= 0.3 is 0 Å². The second-order valence-electron chi connectivity index (χ2n) is 6.31. The Kier molecular flexibility index (Phi) is 4.77. The van der Waals surface area contributed by atoms with Crippen molar-refractivity contribution in [1.29, 1.82) is 0 Å². The van der Waals surface area contributed by atoms with Crippen molar-refractivity contribution in [2.24, 2.45) is 5.92 Å². The largest absolute Gasteiger partial charge is 0.494 e. The Morgan fingerprint density at radius 3 is 2.78 bits per heavy atom. The molecule has 2 amide bonds. The molecular formula is C20H19N3O3S. The summed E-state index contributed by atoms with van der Waals surface area (Å²) in [6.45, 7) is 2.88. The van der Waals surface area contributed by atoms with Crippen LogP contribution in [0.4, 0.5) is 10.8 Å². The summed E-state index contributed by atoms with van der Waals surface area (Å²) in [5, 5.41) is 3.42. The van der Waals surface area contributed by atoms with E-state index in [9.17, 15) is 9.59 Å². The van der Waals surface area contributed by atoms with Crippen LogP contribution in [-0.4, -0.2) is 29.9 Å². The Labute approximate surface area is 160 Å². The van der Waals surface area contributed by atoms with E-state index in [2.05, 4.69) is 10.3 Å². The number of aromatic nitrogens is 1. The third-order valence-corrected chi connectivity index (χ3v) is 5.43. The number of fused-ring (bicyclic) bond motifs is 1. The van der Waals surface area contributed by atoms with Crippen LogP contribution in [0, 0.1) is 5.92 Å². The number of ether oxygens (including phenoxy) is 1. The normalized spacial score (nSPS) is 16.7. The fourth-order valence-electron chi connectivity index (χ4n) is 3.15. The Morgan fingerprint density at radius 1 is 1.26 bits per heavy atom. The fraction of sp³-hybridized carbons (Fsp3) is 0.250. The zero-order valence-corrected chi connectivity index (χ0v) is 15.7. The Hall–Kier alpha value is -2.93. The van der Waals surface area contributed by atoms with Gasteiger partial charge in [-0.3, -0.25) is 9.59 Å². The van der Waals surface area contributed by atoms with Gasteiger partial charge in [-0.25, -0.2) is 4.98 Å². The van der Waals surface area contributed by atoms with Crippen LogP contribution in [-0.2, 0) is 9.59 Å². The van der Waals surface area contributed by atoms with E-state index in [-0.39, 0.29) is 18.2 Å². The number of benzene rings is 2. The molecule has 0 unspecified atom stereocenters. The molecule has 2 heterocycles. The molecule has 1 aromatic heterocycles. The third-order valence-electron chi connectivity index (χ3n) is 4.48. The third kappa shape index (κ3) is 3.64. The first kappa shape index (κ1) is 17.5. The number of amides is 2. The molecule has 4 rings (SSSR count). The number of anilines is 2. The van der Waals surface area contributed by atoms with E-state index in [0.717, 1.165) is 21.7 Å². The van der Waals surface area contributed by atoms with Crippen molar-refractivity contribution in [2.45, 2.75) is 13.3 Å². The molecule has 0 radical (unpaired) electrons. The lowest BCUT2D eigenvalue weighted by molar-refractivity contribution is -0.122. The van der Waals surface area contributed by atoms with Gasteiger partial charge in [0.05, 0.1) is 22.7 Å². The average molecular weight is 381 g/mol. The standard InChI is InChI=1S/C20H19N3O3S/c1-2-26-15-9-7-14(8-10-15)23-12-13(11-18(23)24)19(25)22-20-21-16-5-3-4-6-17(16)27-20/h3-10,13H,2,11-12H2,1H3,(H,21,22,25)/t13-/m1/s1. The fourth-order valence-corrected chi connectivity index (χ4v) is 4.02. The highest BCUT2D eigenvalue weighted by molar-refractivity contribution is 7.22. The number of para-hydroxylation sites is 1. The van der Waals surface area contributed by atoms with Crippen molar-refractivity contribution in [2.75, 3.05) is 23.4 Å². The van der Waals surface area contributed by atoms with Gasteiger partial charge in [-0.1, -0.05) is 23.5 Å². The lowest BCUT2D eigenvalue weighted by atomic mass is 10.1. The highest BCUT2D eigenvalue weighted by Gasteiger charge is 2.35. The van der Waals surface area contributed by atoms with E-state index >= 15 is 0 Å². The summed E-state index contributed by atoms with van der Waals surface area (Å²) >= 11 is 1.43. The van der Waals surface area contributed by atoms with Crippen LogP contribution in [0.2, 0.25) is 0 Å². The number of carbonyl (C=O) groups excluding carboxylic acids is 2. The molecule has 27 heavy (non-hydrogen) atoms. The summed E-state index contributed by atoms with van der Waals surface area (Å²) in [4.78, 5) is 31.1. The number of hydrogen-bond donors (Lipinski definition) is 1. The predicted molar refractivity (Wildman–Crippen MR) is 106 cm³/mol. The van der Waals surface area contributed by atoms with E-state index in [0.29, 0.717) is 18.3 Å². The lowest BCUT2D eigenvalue weighted by Crippen LogP contribution is -2.28. The SMILES string of the molecule is CCOc1ccc(N2C[C@H](C(=O)Nc3nc4ccccc4s3)CC2=O)cc1. The zero-order valence-electron chi connectivity index (χ0n) is 14.8. The maximum absolute atomic E-state index is 12.6. The topological polar surface area (TPSA) is 71.5 Å². The van der Waals surface area contributed by atoms with Crippen molar-refractivity contribution in [1.82, 2.24) is 4.98 Å². The van der Waals surface area contributed by atoms with Gasteiger partial charge in [0.1, 0.15) is 5.75 Å². The number of rotatable bonds is 5. The minimum absolute atomic E-state index is 0.0522. The molecule has 1 aliphatic heterocycles. The maximum Gasteiger partial charge on any atom is 0.231 e. The molecule has 1 aliphatic rings. The van der Waals surface area contributed by atoms with Gasteiger partial charge in [0.15, 0.2) is 5.13 Å². The van der Waals surface area contributed by atoms with E-state index in [4.69, 9.17) is 4.74 Å². The van der Waals surface area contributed by atoms with Crippen molar-refractivity contribution < 1.29 is 14.3 Å². The first-order valence-electron chi connectivity index (χ1n) is 8.83. The second-order valence-corrected chi connectivity index (χ2v) is 7.34. The summed E-state index contributed by atoms with van der Waals surface area (Å²) in [7, 11) is 0. The van der Waals surface area contributed by atoms with Crippen LogP contribution in [0.15, 0.2) is 48.5 Å². The molecule has 2 aromatic carbocycles. The van der Waals surface area contributed by atoms with Gasteiger partial charge in [-0.15, -0.1) is 0 Å². The molecule has 138 valence electrons. The number of nitrogens with zero attached hydrogens (tertiary/aromatic N) is 2. The Balaban J connectivity index is 1.44. The van der Waals surface area contributed by atoms with E-state index in [1.54, 1.807) is 4.90 Å². The highest BCUT2D eigenvalue weighted by Crippen LogP contribution is 2.29. The molecule has 7 heteroatoms. The van der Waals surface area contributed by atoms with Crippen molar-refractivity contribution in [3.63, 3.8) is 0 Å². The van der Waals surface area contributed by atoms with Crippen LogP contribution in [0.1, 0.15) is 13.3 Å². The maximum atomic E-state index is 12.6.